The van der Waals surface area contributed by atoms with Gasteiger partial charge in [-0.15, -0.1) is 0 Å². The van der Waals surface area contributed by atoms with Crippen LogP contribution in [0, 0.1) is 27.2 Å². The molecule has 0 bridgehead atoms. The van der Waals surface area contributed by atoms with Crippen LogP contribution in [0.4, 0.5) is 11.5 Å². The standard InChI is InChI=1S/C10H12ClN5O6/c1-6-9(15(19)20)10(16(21)22)13-14(6)5-8(18)12-4-2-3-7(11)17/h2-5H2,1H3,(H,12,18). The van der Waals surface area contributed by atoms with E-state index in [-0.39, 0.29) is 18.7 Å². The van der Waals surface area contributed by atoms with Gasteiger partial charge in [0.2, 0.25) is 11.1 Å². The summed E-state index contributed by atoms with van der Waals surface area (Å²) in [5.74, 6) is -1.46. The van der Waals surface area contributed by atoms with Gasteiger partial charge in [0.05, 0.1) is 10.0 Å². The van der Waals surface area contributed by atoms with E-state index in [4.69, 9.17) is 11.6 Å². The summed E-state index contributed by atoms with van der Waals surface area (Å²) in [6.07, 6.45) is 0.437. The molecule has 0 aliphatic carbocycles. The molecule has 1 amide bonds. The smallest absolute Gasteiger partial charge is 0.358 e. The van der Waals surface area contributed by atoms with Crippen LogP contribution < -0.4 is 5.32 Å². The molecule has 0 radical (unpaired) electrons. The molecule has 0 unspecified atom stereocenters. The number of hydrogen-bond acceptors (Lipinski definition) is 7. The van der Waals surface area contributed by atoms with E-state index in [1.807, 2.05) is 0 Å². The maximum atomic E-state index is 11.6. The highest BCUT2D eigenvalue weighted by atomic mass is 35.5. The molecule has 12 heteroatoms. The van der Waals surface area contributed by atoms with Crippen molar-refractivity contribution in [2.24, 2.45) is 0 Å². The van der Waals surface area contributed by atoms with Crippen molar-refractivity contribution in [3.05, 3.63) is 25.9 Å². The summed E-state index contributed by atoms with van der Waals surface area (Å²) in [4.78, 5) is 41.8. The number of aromatic nitrogens is 2. The van der Waals surface area contributed by atoms with Crippen molar-refractivity contribution < 1.29 is 19.4 Å². The van der Waals surface area contributed by atoms with E-state index in [1.54, 1.807) is 0 Å². The van der Waals surface area contributed by atoms with Gasteiger partial charge in [0.15, 0.2) is 0 Å². The predicted octanol–water partition coefficient (Wildman–Crippen LogP) is 0.670. The Kier molecular flexibility index (Phi) is 5.92. The number of halogens is 1. The Morgan fingerprint density at radius 2 is 1.95 bits per heavy atom. The molecule has 11 nitrogen and oxygen atoms in total. The van der Waals surface area contributed by atoms with Crippen molar-refractivity contribution in [2.75, 3.05) is 6.54 Å². The quantitative estimate of drug-likeness (QED) is 0.317. The van der Waals surface area contributed by atoms with Crippen molar-refractivity contribution in [2.45, 2.75) is 26.3 Å². The first-order chi connectivity index (χ1) is 10.2. The Balaban J connectivity index is 2.75. The number of rotatable bonds is 8. The molecule has 1 heterocycles. The van der Waals surface area contributed by atoms with Crippen LogP contribution in [-0.4, -0.2) is 37.3 Å². The molecule has 22 heavy (non-hydrogen) atoms. The zero-order chi connectivity index (χ0) is 16.9. The fourth-order valence-corrected chi connectivity index (χ4v) is 1.79. The van der Waals surface area contributed by atoms with Gasteiger partial charge in [-0.1, -0.05) is 0 Å². The van der Waals surface area contributed by atoms with Crippen LogP contribution in [0.15, 0.2) is 0 Å². The second-order valence-corrected chi connectivity index (χ2v) is 4.66. The van der Waals surface area contributed by atoms with E-state index < -0.39 is 39.0 Å². The van der Waals surface area contributed by atoms with E-state index in [0.717, 1.165) is 4.68 Å². The number of carbonyl (C=O) groups is 2. The molecule has 0 atom stereocenters. The summed E-state index contributed by atoms with van der Waals surface area (Å²) in [5, 5.41) is 26.9. The highest BCUT2D eigenvalue weighted by molar-refractivity contribution is 6.63. The molecule has 0 saturated heterocycles. The molecule has 0 spiro atoms. The molecular weight excluding hydrogens is 322 g/mol. The molecule has 1 aromatic heterocycles. The lowest BCUT2D eigenvalue weighted by molar-refractivity contribution is -0.424. The van der Waals surface area contributed by atoms with E-state index >= 15 is 0 Å². The molecule has 1 aromatic rings. The third kappa shape index (κ3) is 4.48. The number of hydrogen-bond donors (Lipinski definition) is 1. The van der Waals surface area contributed by atoms with E-state index in [2.05, 4.69) is 10.4 Å². The fraction of sp³-hybridized carbons (Fsp3) is 0.500. The number of nitro groups is 2. The normalized spacial score (nSPS) is 10.3. The second-order valence-electron chi connectivity index (χ2n) is 4.24. The Morgan fingerprint density at radius 3 is 2.41 bits per heavy atom. The number of amides is 1. The van der Waals surface area contributed by atoms with Crippen molar-refractivity contribution in [1.82, 2.24) is 15.1 Å². The lowest BCUT2D eigenvalue weighted by Gasteiger charge is -2.03. The average Bonchev–Trinajstić information content (AvgIpc) is 2.72. The van der Waals surface area contributed by atoms with E-state index in [9.17, 15) is 29.8 Å². The van der Waals surface area contributed by atoms with Crippen molar-refractivity contribution in [1.29, 1.82) is 0 Å². The van der Waals surface area contributed by atoms with Gasteiger partial charge < -0.3 is 15.4 Å². The molecule has 0 saturated carbocycles. The summed E-state index contributed by atoms with van der Waals surface area (Å²) in [6, 6.07) is 0. The summed E-state index contributed by atoms with van der Waals surface area (Å²) in [5.41, 5.74) is -0.840. The highest BCUT2D eigenvalue weighted by Crippen LogP contribution is 2.28. The third-order valence-corrected chi connectivity index (χ3v) is 2.87. The Bertz CT molecular complexity index is 628. The molecule has 120 valence electrons. The van der Waals surface area contributed by atoms with Crippen LogP contribution in [0.1, 0.15) is 18.5 Å². The van der Waals surface area contributed by atoms with Crippen LogP contribution >= 0.6 is 11.6 Å². The van der Waals surface area contributed by atoms with Crippen molar-refractivity contribution in [3.8, 4) is 0 Å². The first-order valence-electron chi connectivity index (χ1n) is 6.05. The molecule has 0 aliphatic heterocycles. The van der Waals surface area contributed by atoms with Crippen LogP contribution in [0.3, 0.4) is 0 Å². The van der Waals surface area contributed by atoms with Crippen LogP contribution in [0.2, 0.25) is 0 Å². The Morgan fingerprint density at radius 1 is 1.32 bits per heavy atom. The fourth-order valence-electron chi connectivity index (χ4n) is 1.66. The highest BCUT2D eigenvalue weighted by Gasteiger charge is 2.35. The average molecular weight is 334 g/mol. The minimum absolute atomic E-state index is 0.0946. The van der Waals surface area contributed by atoms with Crippen LogP contribution in [-0.2, 0) is 16.1 Å². The van der Waals surface area contributed by atoms with Gasteiger partial charge >= 0.3 is 11.5 Å². The van der Waals surface area contributed by atoms with Gasteiger partial charge in [-0.05, 0) is 29.9 Å². The minimum atomic E-state index is -0.981. The number of nitrogens with zero attached hydrogens (tertiary/aromatic N) is 4. The minimum Gasteiger partial charge on any atom is -0.358 e. The van der Waals surface area contributed by atoms with Crippen molar-refractivity contribution in [3.63, 3.8) is 0 Å². The summed E-state index contributed by atoms with van der Waals surface area (Å²) in [6.45, 7) is 1.04. The predicted molar refractivity (Wildman–Crippen MR) is 73.4 cm³/mol. The molecule has 1 rings (SSSR count). The largest absolute Gasteiger partial charge is 0.468 e. The van der Waals surface area contributed by atoms with E-state index in [0.29, 0.717) is 6.42 Å². The lowest BCUT2D eigenvalue weighted by atomic mass is 10.3. The first-order valence-corrected chi connectivity index (χ1v) is 6.43. The maximum Gasteiger partial charge on any atom is 0.468 e. The molecule has 1 N–H and O–H groups in total. The van der Waals surface area contributed by atoms with Crippen LogP contribution in [0.5, 0.6) is 0 Å². The summed E-state index contributed by atoms with van der Waals surface area (Å²) < 4.78 is 0.887. The lowest BCUT2D eigenvalue weighted by Crippen LogP contribution is -2.29. The van der Waals surface area contributed by atoms with Gasteiger partial charge in [-0.2, -0.15) is 4.68 Å². The third-order valence-electron chi connectivity index (χ3n) is 2.68. The molecular formula is C10H12ClN5O6. The zero-order valence-corrected chi connectivity index (χ0v) is 12.2. The first kappa shape index (κ1) is 17.5. The van der Waals surface area contributed by atoms with Gasteiger partial charge in [-0.3, -0.25) is 19.7 Å². The van der Waals surface area contributed by atoms with Gasteiger partial charge in [-0.25, -0.2) is 0 Å². The van der Waals surface area contributed by atoms with Gasteiger partial charge in [0.1, 0.15) is 12.2 Å². The second kappa shape index (κ2) is 7.45. The van der Waals surface area contributed by atoms with Gasteiger partial charge in [0, 0.05) is 13.0 Å². The van der Waals surface area contributed by atoms with E-state index in [1.165, 1.54) is 6.92 Å². The monoisotopic (exact) mass is 333 g/mol. The van der Waals surface area contributed by atoms with Gasteiger partial charge in [0.25, 0.3) is 0 Å². The Labute approximate surface area is 128 Å². The maximum absolute atomic E-state index is 11.6. The summed E-state index contributed by atoms with van der Waals surface area (Å²) in [7, 11) is 0. The summed E-state index contributed by atoms with van der Waals surface area (Å²) >= 11 is 5.13. The number of carbonyl (C=O) groups excluding carboxylic acids is 2. The molecule has 0 fully saturated rings. The molecule has 0 aliphatic rings. The zero-order valence-electron chi connectivity index (χ0n) is 11.4. The SMILES string of the molecule is Cc1c([N+](=O)[O-])c([N+](=O)[O-])nn1CC(=O)NCCCC(=O)Cl. The Hall–Kier alpha value is -2.56. The number of nitrogens with one attached hydrogen (secondary N) is 1. The topological polar surface area (TPSA) is 150 Å². The van der Waals surface area contributed by atoms with Crippen LogP contribution in [0.25, 0.3) is 0 Å². The molecule has 0 aromatic carbocycles. The van der Waals surface area contributed by atoms with Crippen molar-refractivity contribution >= 4 is 34.3 Å².